The average molecular weight is 382 g/mol. The molecule has 1 aliphatic heterocycles. The molecule has 1 heterocycles. The first-order valence-electron chi connectivity index (χ1n) is 8.49. The maximum Gasteiger partial charge on any atom is 0.233 e. The number of rotatable bonds is 8. The zero-order valence-electron chi connectivity index (χ0n) is 15.0. The van der Waals surface area contributed by atoms with E-state index in [2.05, 4.69) is 10.6 Å². The summed E-state index contributed by atoms with van der Waals surface area (Å²) in [5.41, 5.74) is 1.34. The van der Waals surface area contributed by atoms with E-state index in [0.29, 0.717) is 43.4 Å². The number of carbonyl (C=O) groups excluding carboxylic acids is 3. The van der Waals surface area contributed by atoms with E-state index in [1.165, 1.54) is 0 Å². The summed E-state index contributed by atoms with van der Waals surface area (Å²) in [6.07, 6.45) is 0.123. The van der Waals surface area contributed by atoms with Crippen LogP contribution >= 0.6 is 11.6 Å². The van der Waals surface area contributed by atoms with Crippen molar-refractivity contribution in [3.63, 3.8) is 0 Å². The van der Waals surface area contributed by atoms with Crippen molar-refractivity contribution < 1.29 is 19.1 Å². The van der Waals surface area contributed by atoms with Crippen LogP contribution in [0.1, 0.15) is 18.4 Å². The molecule has 1 saturated heterocycles. The first kappa shape index (κ1) is 20.2. The van der Waals surface area contributed by atoms with E-state index in [4.69, 9.17) is 16.3 Å². The first-order valence-corrected chi connectivity index (χ1v) is 8.87. The second-order valence-electron chi connectivity index (χ2n) is 6.34. The molecule has 1 fully saturated rings. The van der Waals surface area contributed by atoms with Gasteiger partial charge in [0.1, 0.15) is 6.42 Å². The second kappa shape index (κ2) is 9.54. The van der Waals surface area contributed by atoms with E-state index in [1.807, 2.05) is 0 Å². The fraction of sp³-hybridized carbons (Fsp3) is 0.500. The van der Waals surface area contributed by atoms with Gasteiger partial charge in [0.25, 0.3) is 0 Å². The van der Waals surface area contributed by atoms with E-state index >= 15 is 0 Å². The van der Waals surface area contributed by atoms with Gasteiger partial charge in [0.2, 0.25) is 17.7 Å². The SMILES string of the molecule is COCCN1CC(CNC(=O)CC(=O)Nc2cccc(Cl)c2C)CC1=O. The molecule has 0 saturated carbocycles. The Morgan fingerprint density at radius 1 is 1.35 bits per heavy atom. The third-order valence-corrected chi connectivity index (χ3v) is 4.72. The van der Waals surface area contributed by atoms with Crippen molar-refractivity contribution in [2.75, 3.05) is 38.7 Å². The van der Waals surface area contributed by atoms with E-state index < -0.39 is 5.91 Å². The minimum atomic E-state index is -0.405. The summed E-state index contributed by atoms with van der Waals surface area (Å²) >= 11 is 6.01. The van der Waals surface area contributed by atoms with Gasteiger partial charge in [0.05, 0.1) is 6.61 Å². The molecule has 0 aliphatic carbocycles. The molecule has 0 bridgehead atoms. The molecule has 2 N–H and O–H groups in total. The number of nitrogens with zero attached hydrogens (tertiary/aromatic N) is 1. The van der Waals surface area contributed by atoms with Crippen LogP contribution in [-0.4, -0.2) is 56.0 Å². The van der Waals surface area contributed by atoms with Crippen molar-refractivity contribution in [2.24, 2.45) is 5.92 Å². The van der Waals surface area contributed by atoms with Gasteiger partial charge in [-0.15, -0.1) is 0 Å². The molecular formula is C18H24ClN3O4. The number of carbonyl (C=O) groups is 3. The Labute approximate surface area is 158 Å². The maximum absolute atomic E-state index is 12.0. The lowest BCUT2D eigenvalue weighted by molar-refractivity contribution is -0.129. The predicted molar refractivity (Wildman–Crippen MR) is 99.0 cm³/mol. The first-order chi connectivity index (χ1) is 12.4. The van der Waals surface area contributed by atoms with Gasteiger partial charge in [-0.1, -0.05) is 17.7 Å². The molecular weight excluding hydrogens is 358 g/mol. The molecule has 0 aromatic heterocycles. The highest BCUT2D eigenvalue weighted by molar-refractivity contribution is 6.31. The van der Waals surface area contributed by atoms with Crippen LogP contribution in [0.25, 0.3) is 0 Å². The van der Waals surface area contributed by atoms with Crippen molar-refractivity contribution in [1.29, 1.82) is 0 Å². The number of likely N-dealkylation sites (tertiary alicyclic amines) is 1. The lowest BCUT2D eigenvalue weighted by Gasteiger charge is -2.16. The molecule has 3 amide bonds. The fourth-order valence-corrected chi connectivity index (χ4v) is 2.99. The Morgan fingerprint density at radius 2 is 2.12 bits per heavy atom. The highest BCUT2D eigenvalue weighted by atomic mass is 35.5. The average Bonchev–Trinajstić information content (AvgIpc) is 2.95. The Hall–Kier alpha value is -2.12. The van der Waals surface area contributed by atoms with E-state index in [0.717, 1.165) is 5.56 Å². The number of benzene rings is 1. The van der Waals surface area contributed by atoms with Crippen molar-refractivity contribution in [3.05, 3.63) is 28.8 Å². The van der Waals surface area contributed by atoms with Crippen LogP contribution in [0.15, 0.2) is 18.2 Å². The monoisotopic (exact) mass is 381 g/mol. The lowest BCUT2D eigenvalue weighted by Crippen LogP contribution is -2.34. The van der Waals surface area contributed by atoms with Gasteiger partial charge in [-0.2, -0.15) is 0 Å². The summed E-state index contributed by atoms with van der Waals surface area (Å²) < 4.78 is 4.98. The molecule has 8 heteroatoms. The van der Waals surface area contributed by atoms with Gasteiger partial charge in [-0.3, -0.25) is 14.4 Å². The van der Waals surface area contributed by atoms with E-state index in [9.17, 15) is 14.4 Å². The highest BCUT2D eigenvalue weighted by Crippen LogP contribution is 2.23. The summed E-state index contributed by atoms with van der Waals surface area (Å²) in [5, 5.41) is 5.97. The highest BCUT2D eigenvalue weighted by Gasteiger charge is 2.29. The van der Waals surface area contributed by atoms with Crippen LogP contribution in [-0.2, 0) is 19.1 Å². The molecule has 0 spiro atoms. The zero-order valence-corrected chi connectivity index (χ0v) is 15.8. The van der Waals surface area contributed by atoms with Crippen LogP contribution in [0.3, 0.4) is 0 Å². The van der Waals surface area contributed by atoms with Gasteiger partial charge in [0, 0.05) is 49.8 Å². The van der Waals surface area contributed by atoms with E-state index in [1.54, 1.807) is 37.1 Å². The molecule has 7 nitrogen and oxygen atoms in total. The number of hydrogen-bond donors (Lipinski definition) is 2. The van der Waals surface area contributed by atoms with Gasteiger partial charge < -0.3 is 20.3 Å². The Bertz CT molecular complexity index is 680. The second-order valence-corrected chi connectivity index (χ2v) is 6.75. The standard InChI is InChI=1S/C18H24ClN3O4/c1-12-14(19)4-3-5-15(12)21-17(24)9-16(23)20-10-13-8-18(25)22(11-13)6-7-26-2/h3-5,13H,6-11H2,1-2H3,(H,20,23)(H,21,24). The molecule has 0 radical (unpaired) electrons. The number of ether oxygens (including phenoxy) is 1. The number of hydrogen-bond acceptors (Lipinski definition) is 4. The molecule has 2 rings (SSSR count). The smallest absolute Gasteiger partial charge is 0.233 e. The van der Waals surface area contributed by atoms with Gasteiger partial charge in [-0.05, 0) is 24.6 Å². The van der Waals surface area contributed by atoms with Crippen molar-refractivity contribution in [3.8, 4) is 0 Å². The van der Waals surface area contributed by atoms with Gasteiger partial charge in [-0.25, -0.2) is 0 Å². The maximum atomic E-state index is 12.0. The minimum Gasteiger partial charge on any atom is -0.383 e. The quantitative estimate of drug-likeness (QED) is 0.669. The lowest BCUT2D eigenvalue weighted by atomic mass is 10.1. The number of anilines is 1. The van der Waals surface area contributed by atoms with Gasteiger partial charge >= 0.3 is 0 Å². The topological polar surface area (TPSA) is 87.7 Å². The molecule has 1 aromatic carbocycles. The predicted octanol–water partition coefficient (Wildman–Crippen LogP) is 1.59. The summed E-state index contributed by atoms with van der Waals surface area (Å²) in [6.45, 7) is 3.81. The van der Waals surface area contributed by atoms with E-state index in [-0.39, 0.29) is 24.2 Å². The minimum absolute atomic E-state index is 0.0570. The van der Waals surface area contributed by atoms with Crippen molar-refractivity contribution in [2.45, 2.75) is 19.8 Å². The molecule has 1 aliphatic rings. The summed E-state index contributed by atoms with van der Waals surface area (Å²) in [6, 6.07) is 5.20. The fourth-order valence-electron chi connectivity index (χ4n) is 2.81. The third kappa shape index (κ3) is 5.71. The largest absolute Gasteiger partial charge is 0.383 e. The van der Waals surface area contributed by atoms with Gasteiger partial charge in [0.15, 0.2) is 0 Å². The molecule has 1 atom stereocenters. The summed E-state index contributed by atoms with van der Waals surface area (Å²) in [4.78, 5) is 37.6. The Balaban J connectivity index is 1.74. The summed E-state index contributed by atoms with van der Waals surface area (Å²) in [7, 11) is 1.59. The number of methoxy groups -OCH3 is 1. The van der Waals surface area contributed by atoms with Crippen LogP contribution in [0.2, 0.25) is 5.02 Å². The normalized spacial score (nSPS) is 16.7. The Morgan fingerprint density at radius 3 is 2.85 bits per heavy atom. The number of amides is 3. The summed E-state index contributed by atoms with van der Waals surface area (Å²) in [5.74, 6) is -0.654. The van der Waals surface area contributed by atoms with Crippen LogP contribution < -0.4 is 10.6 Å². The van der Waals surface area contributed by atoms with Crippen LogP contribution in [0.4, 0.5) is 5.69 Å². The molecule has 142 valence electrons. The molecule has 1 unspecified atom stereocenters. The molecule has 1 aromatic rings. The van der Waals surface area contributed by atoms with Crippen molar-refractivity contribution in [1.82, 2.24) is 10.2 Å². The molecule has 26 heavy (non-hydrogen) atoms. The number of nitrogens with one attached hydrogen (secondary N) is 2. The zero-order chi connectivity index (χ0) is 19.1. The van der Waals surface area contributed by atoms with Crippen LogP contribution in [0.5, 0.6) is 0 Å². The van der Waals surface area contributed by atoms with Crippen LogP contribution in [0, 0.1) is 12.8 Å². The van der Waals surface area contributed by atoms with Crippen molar-refractivity contribution >= 4 is 35.0 Å². The third-order valence-electron chi connectivity index (χ3n) is 4.31. The number of halogens is 1. The Kier molecular flexibility index (Phi) is 7.41.